The Kier molecular flexibility index (Phi) is 7.79. The van der Waals surface area contributed by atoms with Gasteiger partial charge in [0.15, 0.2) is 5.96 Å². The molecule has 0 spiro atoms. The van der Waals surface area contributed by atoms with Gasteiger partial charge in [0.2, 0.25) is 0 Å². The topological polar surface area (TPSA) is 42.9 Å². The van der Waals surface area contributed by atoms with E-state index in [4.69, 9.17) is 0 Å². The third-order valence-electron chi connectivity index (χ3n) is 4.44. The Morgan fingerprint density at radius 3 is 2.29 bits per heavy atom. The van der Waals surface area contributed by atoms with Crippen LogP contribution >= 0.6 is 0 Å². The number of nitrogens with zero attached hydrogens (tertiary/aromatic N) is 3. The lowest BCUT2D eigenvalue weighted by atomic mass is 10.1. The number of guanidine groups is 1. The van der Waals surface area contributed by atoms with Crippen LogP contribution in [0, 0.1) is 0 Å². The lowest BCUT2D eigenvalue weighted by molar-refractivity contribution is 0.132. The average molecular weight is 329 g/mol. The van der Waals surface area contributed by atoms with Crippen molar-refractivity contribution in [1.82, 2.24) is 20.4 Å². The summed E-state index contributed by atoms with van der Waals surface area (Å²) in [5.41, 5.74) is 2.65. The first-order chi connectivity index (χ1) is 11.7. The van der Waals surface area contributed by atoms with Gasteiger partial charge < -0.3 is 15.5 Å². The molecule has 0 amide bonds. The summed E-state index contributed by atoms with van der Waals surface area (Å²) in [6, 6.07) is 8.88. The molecule has 1 fully saturated rings. The van der Waals surface area contributed by atoms with Crippen LogP contribution in [0.15, 0.2) is 41.9 Å². The van der Waals surface area contributed by atoms with Crippen LogP contribution in [0.5, 0.6) is 0 Å². The van der Waals surface area contributed by atoms with Gasteiger partial charge in [-0.25, -0.2) is 0 Å². The van der Waals surface area contributed by atoms with Gasteiger partial charge in [-0.3, -0.25) is 9.89 Å². The summed E-state index contributed by atoms with van der Waals surface area (Å²) in [4.78, 5) is 9.24. The highest BCUT2D eigenvalue weighted by molar-refractivity contribution is 5.79. The lowest BCUT2D eigenvalue weighted by Gasteiger charge is -2.34. The maximum atomic E-state index is 4.18. The molecule has 132 valence electrons. The van der Waals surface area contributed by atoms with Gasteiger partial charge in [0.25, 0.3) is 0 Å². The molecule has 5 heteroatoms. The van der Waals surface area contributed by atoms with Crippen molar-refractivity contribution >= 4 is 5.96 Å². The van der Waals surface area contributed by atoms with E-state index in [2.05, 4.69) is 63.2 Å². The number of benzene rings is 1. The number of likely N-dealkylation sites (N-methyl/N-ethyl adjacent to an activating group) is 1. The minimum atomic E-state index is 0.712. The van der Waals surface area contributed by atoms with Crippen molar-refractivity contribution < 1.29 is 0 Å². The van der Waals surface area contributed by atoms with E-state index >= 15 is 0 Å². The summed E-state index contributed by atoms with van der Waals surface area (Å²) < 4.78 is 0. The second-order valence-corrected chi connectivity index (χ2v) is 6.12. The zero-order valence-electron chi connectivity index (χ0n) is 15.1. The van der Waals surface area contributed by atoms with Gasteiger partial charge in [-0.15, -0.1) is 6.58 Å². The van der Waals surface area contributed by atoms with Gasteiger partial charge in [0, 0.05) is 52.9 Å². The summed E-state index contributed by atoms with van der Waals surface area (Å²) in [5.74, 6) is 0.799. The number of hydrogen-bond donors (Lipinski definition) is 2. The highest BCUT2D eigenvalue weighted by atomic mass is 15.3. The molecular weight excluding hydrogens is 298 g/mol. The van der Waals surface area contributed by atoms with Gasteiger partial charge in [0.05, 0.1) is 0 Å². The summed E-state index contributed by atoms with van der Waals surface area (Å²) in [6.07, 6.45) is 1.82. The van der Waals surface area contributed by atoms with Crippen molar-refractivity contribution in [3.05, 3.63) is 48.0 Å². The Hall–Kier alpha value is -1.85. The number of hydrogen-bond acceptors (Lipinski definition) is 3. The summed E-state index contributed by atoms with van der Waals surface area (Å²) in [6.45, 7) is 14.4. The van der Waals surface area contributed by atoms with E-state index in [0.717, 1.165) is 19.0 Å². The van der Waals surface area contributed by atoms with Gasteiger partial charge in [-0.2, -0.15) is 0 Å². The molecule has 2 N–H and O–H groups in total. The van der Waals surface area contributed by atoms with E-state index in [9.17, 15) is 0 Å². The van der Waals surface area contributed by atoms with Crippen LogP contribution < -0.4 is 10.6 Å². The molecule has 1 aliphatic rings. The molecule has 1 aromatic rings. The first kappa shape index (κ1) is 18.5. The third-order valence-corrected chi connectivity index (χ3v) is 4.44. The van der Waals surface area contributed by atoms with Gasteiger partial charge in [-0.05, 0) is 17.7 Å². The Balaban J connectivity index is 1.77. The molecule has 24 heavy (non-hydrogen) atoms. The van der Waals surface area contributed by atoms with Crippen LogP contribution in [0.4, 0.5) is 0 Å². The Morgan fingerprint density at radius 2 is 1.71 bits per heavy atom. The monoisotopic (exact) mass is 329 g/mol. The molecule has 0 aliphatic carbocycles. The lowest BCUT2D eigenvalue weighted by Crippen LogP contribution is -2.45. The van der Waals surface area contributed by atoms with E-state index < -0.39 is 0 Å². The molecule has 1 aliphatic heterocycles. The fraction of sp³-hybridized carbons (Fsp3) is 0.526. The molecule has 1 heterocycles. The zero-order valence-corrected chi connectivity index (χ0v) is 15.1. The Labute approximate surface area is 146 Å². The van der Waals surface area contributed by atoms with Crippen molar-refractivity contribution in [1.29, 1.82) is 0 Å². The van der Waals surface area contributed by atoms with Crippen LogP contribution in [-0.2, 0) is 13.1 Å². The molecule has 1 saturated heterocycles. The van der Waals surface area contributed by atoms with Crippen molar-refractivity contribution in [2.75, 3.05) is 46.3 Å². The van der Waals surface area contributed by atoms with Crippen LogP contribution in [0.3, 0.4) is 0 Å². The second kappa shape index (κ2) is 10.1. The van der Waals surface area contributed by atoms with E-state index in [-0.39, 0.29) is 0 Å². The molecule has 2 rings (SSSR count). The molecule has 0 unspecified atom stereocenters. The molecule has 0 bridgehead atoms. The van der Waals surface area contributed by atoms with Crippen molar-refractivity contribution in [2.45, 2.75) is 20.0 Å². The van der Waals surface area contributed by atoms with Crippen LogP contribution in [-0.4, -0.2) is 62.1 Å². The van der Waals surface area contributed by atoms with Crippen LogP contribution in [0.2, 0.25) is 0 Å². The van der Waals surface area contributed by atoms with Crippen LogP contribution in [0.1, 0.15) is 18.1 Å². The molecule has 1 aromatic carbocycles. The zero-order chi connectivity index (χ0) is 17.2. The summed E-state index contributed by atoms with van der Waals surface area (Å²) in [5, 5.41) is 6.48. The van der Waals surface area contributed by atoms with E-state index in [0.29, 0.717) is 6.54 Å². The SMILES string of the molecule is C=CCNC(=NC)NCc1ccc(CN2CCN(CC)CC2)cc1. The first-order valence-corrected chi connectivity index (χ1v) is 8.83. The quantitative estimate of drug-likeness (QED) is 0.454. The van der Waals surface area contributed by atoms with Crippen molar-refractivity contribution in [3.8, 4) is 0 Å². The standard InChI is InChI=1S/C19H31N5/c1-4-10-21-19(20-3)22-15-17-6-8-18(9-7-17)16-24-13-11-23(5-2)12-14-24/h4,6-9H,1,5,10-16H2,2-3H3,(H2,20,21,22). The van der Waals surface area contributed by atoms with E-state index in [1.807, 2.05) is 6.08 Å². The highest BCUT2D eigenvalue weighted by Crippen LogP contribution is 2.10. The number of nitrogens with one attached hydrogen (secondary N) is 2. The normalized spacial score (nSPS) is 16.8. The fourth-order valence-electron chi connectivity index (χ4n) is 2.86. The maximum Gasteiger partial charge on any atom is 0.191 e. The van der Waals surface area contributed by atoms with Crippen molar-refractivity contribution in [3.63, 3.8) is 0 Å². The third kappa shape index (κ3) is 5.98. The maximum absolute atomic E-state index is 4.18. The minimum absolute atomic E-state index is 0.712. The number of piperazine rings is 1. The van der Waals surface area contributed by atoms with Crippen LogP contribution in [0.25, 0.3) is 0 Å². The Bertz CT molecular complexity index is 515. The highest BCUT2D eigenvalue weighted by Gasteiger charge is 2.15. The molecule has 0 radical (unpaired) electrons. The fourth-order valence-corrected chi connectivity index (χ4v) is 2.86. The predicted octanol–water partition coefficient (Wildman–Crippen LogP) is 1.68. The molecule has 5 nitrogen and oxygen atoms in total. The van der Waals surface area contributed by atoms with Crippen molar-refractivity contribution in [2.24, 2.45) is 4.99 Å². The summed E-state index contributed by atoms with van der Waals surface area (Å²) >= 11 is 0. The largest absolute Gasteiger partial charge is 0.353 e. The molecule has 0 saturated carbocycles. The van der Waals surface area contributed by atoms with E-state index in [1.54, 1.807) is 7.05 Å². The van der Waals surface area contributed by atoms with Gasteiger partial charge in [-0.1, -0.05) is 37.3 Å². The van der Waals surface area contributed by atoms with E-state index in [1.165, 1.54) is 43.9 Å². The van der Waals surface area contributed by atoms with Gasteiger partial charge in [0.1, 0.15) is 0 Å². The predicted molar refractivity (Wildman–Crippen MR) is 102 cm³/mol. The molecular formula is C19H31N5. The smallest absolute Gasteiger partial charge is 0.191 e. The first-order valence-electron chi connectivity index (χ1n) is 8.83. The second-order valence-electron chi connectivity index (χ2n) is 6.12. The Morgan fingerprint density at radius 1 is 1.08 bits per heavy atom. The number of aliphatic imine (C=N–C) groups is 1. The minimum Gasteiger partial charge on any atom is -0.353 e. The van der Waals surface area contributed by atoms with Gasteiger partial charge >= 0.3 is 0 Å². The summed E-state index contributed by atoms with van der Waals surface area (Å²) in [7, 11) is 1.78. The molecule has 0 atom stereocenters. The molecule has 0 aromatic heterocycles. The average Bonchev–Trinajstić information content (AvgIpc) is 2.64. The number of rotatable bonds is 7.